The van der Waals surface area contributed by atoms with Crippen LogP contribution in [-0.4, -0.2) is 47.4 Å². The van der Waals surface area contributed by atoms with Gasteiger partial charge in [0, 0.05) is 18.2 Å². The molecule has 164 valence electrons. The van der Waals surface area contributed by atoms with Crippen LogP contribution in [0.2, 0.25) is 0 Å². The molecule has 0 aliphatic rings. The number of benzene rings is 2. The summed E-state index contributed by atoms with van der Waals surface area (Å²) in [6, 6.07) is 11.1. The Hall–Kier alpha value is -2.94. The van der Waals surface area contributed by atoms with Crippen LogP contribution in [0.4, 0.5) is 5.69 Å². The fourth-order valence-corrected chi connectivity index (χ4v) is 4.21. The normalized spacial score (nSPS) is 12.0. The van der Waals surface area contributed by atoms with Gasteiger partial charge in [0.1, 0.15) is 11.8 Å². The highest BCUT2D eigenvalue weighted by atomic mass is 32.2. The van der Waals surface area contributed by atoms with E-state index in [4.69, 9.17) is 14.2 Å². The molecule has 8 nitrogen and oxygen atoms in total. The van der Waals surface area contributed by atoms with Gasteiger partial charge in [-0.05, 0) is 32.0 Å². The van der Waals surface area contributed by atoms with Gasteiger partial charge in [-0.1, -0.05) is 18.2 Å². The summed E-state index contributed by atoms with van der Waals surface area (Å²) in [5.74, 6) is 1.05. The molecule has 0 fully saturated rings. The maximum atomic E-state index is 12.8. The van der Waals surface area contributed by atoms with Crippen molar-refractivity contribution in [1.29, 1.82) is 0 Å². The van der Waals surface area contributed by atoms with Gasteiger partial charge in [0.05, 0.1) is 32.8 Å². The van der Waals surface area contributed by atoms with E-state index < -0.39 is 22.0 Å². The number of amides is 1. The highest BCUT2D eigenvalue weighted by molar-refractivity contribution is 7.92. The van der Waals surface area contributed by atoms with E-state index in [0.717, 1.165) is 16.1 Å². The first-order valence-corrected chi connectivity index (χ1v) is 11.3. The number of methoxy groups -OCH3 is 2. The van der Waals surface area contributed by atoms with Gasteiger partial charge in [0.25, 0.3) is 0 Å². The Kier molecular flexibility index (Phi) is 7.93. The van der Waals surface area contributed by atoms with Gasteiger partial charge in [-0.2, -0.15) is 0 Å². The van der Waals surface area contributed by atoms with Crippen molar-refractivity contribution in [2.75, 3.05) is 31.4 Å². The molecule has 2 rings (SSSR count). The molecule has 1 amide bonds. The monoisotopic (exact) mass is 436 g/mol. The zero-order valence-corrected chi connectivity index (χ0v) is 18.7. The maximum Gasteiger partial charge on any atom is 0.243 e. The van der Waals surface area contributed by atoms with Crippen molar-refractivity contribution in [3.8, 4) is 17.2 Å². The largest absolute Gasteiger partial charge is 0.494 e. The van der Waals surface area contributed by atoms with E-state index in [-0.39, 0.29) is 6.54 Å². The number of rotatable bonds is 10. The molecule has 0 aromatic heterocycles. The summed E-state index contributed by atoms with van der Waals surface area (Å²) in [5.41, 5.74) is 1.10. The molecule has 0 saturated carbocycles. The third kappa shape index (κ3) is 5.56. The number of sulfonamides is 1. The Morgan fingerprint density at radius 3 is 2.33 bits per heavy atom. The standard InChI is InChI=1S/C21H28N2O6S/c1-6-29-18-10-8-7-9-16(18)14-22-21(24)15(2)23(30(5,25)26)17-11-12-19(27-3)20(13-17)28-4/h7-13,15H,6,14H2,1-5H3,(H,22,24). The third-order valence-corrected chi connectivity index (χ3v) is 5.68. The highest BCUT2D eigenvalue weighted by Crippen LogP contribution is 2.33. The predicted molar refractivity (Wildman–Crippen MR) is 116 cm³/mol. The van der Waals surface area contributed by atoms with E-state index in [0.29, 0.717) is 29.5 Å². The molecule has 0 heterocycles. The van der Waals surface area contributed by atoms with Gasteiger partial charge in [0.15, 0.2) is 11.5 Å². The quantitative estimate of drug-likeness (QED) is 0.615. The lowest BCUT2D eigenvalue weighted by atomic mass is 10.2. The van der Waals surface area contributed by atoms with Crippen LogP contribution in [0.15, 0.2) is 42.5 Å². The van der Waals surface area contributed by atoms with E-state index in [1.807, 2.05) is 31.2 Å². The molecule has 0 aliphatic heterocycles. The number of ether oxygens (including phenoxy) is 3. The van der Waals surface area contributed by atoms with Crippen molar-refractivity contribution in [1.82, 2.24) is 5.32 Å². The Labute approximate surface area is 177 Å². The van der Waals surface area contributed by atoms with Crippen molar-refractivity contribution in [2.45, 2.75) is 26.4 Å². The Morgan fingerprint density at radius 1 is 1.07 bits per heavy atom. The number of carbonyl (C=O) groups excluding carboxylic acids is 1. The van der Waals surface area contributed by atoms with Gasteiger partial charge in [-0.25, -0.2) is 8.42 Å². The van der Waals surface area contributed by atoms with Crippen LogP contribution in [0, 0.1) is 0 Å². The molecule has 1 N–H and O–H groups in total. The summed E-state index contributed by atoms with van der Waals surface area (Å²) in [6.45, 7) is 4.12. The molecule has 1 atom stereocenters. The Morgan fingerprint density at radius 2 is 1.73 bits per heavy atom. The van der Waals surface area contributed by atoms with E-state index in [9.17, 15) is 13.2 Å². The fourth-order valence-electron chi connectivity index (χ4n) is 3.05. The number of nitrogens with one attached hydrogen (secondary N) is 1. The predicted octanol–water partition coefficient (Wildman–Crippen LogP) is 2.57. The van der Waals surface area contributed by atoms with Crippen molar-refractivity contribution >= 4 is 21.6 Å². The number of anilines is 1. The molecule has 1 unspecified atom stereocenters. The molecule has 0 radical (unpaired) electrons. The molecule has 9 heteroatoms. The van der Waals surface area contributed by atoms with Crippen LogP contribution >= 0.6 is 0 Å². The lowest BCUT2D eigenvalue weighted by molar-refractivity contribution is -0.122. The zero-order chi connectivity index (χ0) is 22.3. The van der Waals surface area contributed by atoms with Crippen molar-refractivity contribution in [3.05, 3.63) is 48.0 Å². The van der Waals surface area contributed by atoms with Crippen LogP contribution < -0.4 is 23.8 Å². The third-order valence-electron chi connectivity index (χ3n) is 4.44. The summed E-state index contributed by atoms with van der Waals surface area (Å²) in [5, 5.41) is 2.79. The van der Waals surface area contributed by atoms with Gasteiger partial charge in [-0.3, -0.25) is 9.10 Å². The van der Waals surface area contributed by atoms with Crippen molar-refractivity contribution in [2.24, 2.45) is 0 Å². The number of carbonyl (C=O) groups is 1. The first kappa shape index (κ1) is 23.3. The molecule has 30 heavy (non-hydrogen) atoms. The SMILES string of the molecule is CCOc1ccccc1CNC(=O)C(C)N(c1ccc(OC)c(OC)c1)S(C)(=O)=O. The van der Waals surface area contributed by atoms with E-state index in [1.54, 1.807) is 12.1 Å². The van der Waals surface area contributed by atoms with E-state index >= 15 is 0 Å². The molecular formula is C21H28N2O6S. The lowest BCUT2D eigenvalue weighted by Gasteiger charge is -2.28. The van der Waals surface area contributed by atoms with Crippen LogP contribution in [0.3, 0.4) is 0 Å². The second kappa shape index (κ2) is 10.2. The topological polar surface area (TPSA) is 94.2 Å². The van der Waals surface area contributed by atoms with E-state index in [1.165, 1.54) is 27.2 Å². The smallest absolute Gasteiger partial charge is 0.243 e. The molecule has 2 aromatic rings. The first-order chi connectivity index (χ1) is 14.2. The second-order valence-corrected chi connectivity index (χ2v) is 8.39. The van der Waals surface area contributed by atoms with Crippen LogP contribution in [-0.2, 0) is 21.4 Å². The lowest BCUT2D eigenvalue weighted by Crippen LogP contribution is -2.47. The van der Waals surface area contributed by atoms with Gasteiger partial charge >= 0.3 is 0 Å². The minimum Gasteiger partial charge on any atom is -0.494 e. The molecule has 2 aromatic carbocycles. The first-order valence-electron chi connectivity index (χ1n) is 9.42. The van der Waals surface area contributed by atoms with Crippen LogP contribution in [0.25, 0.3) is 0 Å². The second-order valence-electron chi connectivity index (χ2n) is 6.53. The molecular weight excluding hydrogens is 408 g/mol. The average molecular weight is 437 g/mol. The van der Waals surface area contributed by atoms with Gasteiger partial charge in [0.2, 0.25) is 15.9 Å². The van der Waals surface area contributed by atoms with Crippen LogP contribution in [0.1, 0.15) is 19.4 Å². The maximum absolute atomic E-state index is 12.8. The Bertz CT molecular complexity index is 977. The summed E-state index contributed by atoms with van der Waals surface area (Å²) in [6.07, 6.45) is 1.05. The summed E-state index contributed by atoms with van der Waals surface area (Å²) in [7, 11) is -0.810. The number of hydrogen-bond acceptors (Lipinski definition) is 6. The summed E-state index contributed by atoms with van der Waals surface area (Å²) in [4.78, 5) is 12.8. The van der Waals surface area contributed by atoms with E-state index in [2.05, 4.69) is 5.32 Å². The molecule has 0 bridgehead atoms. The van der Waals surface area contributed by atoms with Gasteiger partial charge < -0.3 is 19.5 Å². The number of nitrogens with zero attached hydrogens (tertiary/aromatic N) is 1. The zero-order valence-electron chi connectivity index (χ0n) is 17.8. The van der Waals surface area contributed by atoms with Crippen molar-refractivity contribution in [3.63, 3.8) is 0 Å². The van der Waals surface area contributed by atoms with Gasteiger partial charge in [-0.15, -0.1) is 0 Å². The number of hydrogen-bond donors (Lipinski definition) is 1. The number of para-hydroxylation sites is 1. The molecule has 0 saturated heterocycles. The summed E-state index contributed by atoms with van der Waals surface area (Å²) >= 11 is 0. The Balaban J connectivity index is 2.26. The van der Waals surface area contributed by atoms with Crippen molar-refractivity contribution < 1.29 is 27.4 Å². The molecule has 0 aliphatic carbocycles. The minimum absolute atomic E-state index is 0.211. The van der Waals surface area contributed by atoms with Crippen LogP contribution in [0.5, 0.6) is 17.2 Å². The summed E-state index contributed by atoms with van der Waals surface area (Å²) < 4.78 is 42.1. The minimum atomic E-state index is -3.76. The highest BCUT2D eigenvalue weighted by Gasteiger charge is 2.29. The average Bonchev–Trinajstić information content (AvgIpc) is 2.72. The molecule has 0 spiro atoms. The fraction of sp³-hybridized carbons (Fsp3) is 0.381.